The average Bonchev–Trinajstić information content (AvgIpc) is 2.35. The minimum atomic E-state index is -0.409. The zero-order valence-electron chi connectivity index (χ0n) is 11.8. The standard InChI is InChI=1S/C14H21NO4/c1-9(2)19-14(16)8-18-12-6-5-11(10(3)15)7-13(12)17-4/h5-7,9-10H,8,15H2,1-4H3/t10-/m1/s1. The van der Waals surface area contributed by atoms with Gasteiger partial charge < -0.3 is 19.9 Å². The minimum Gasteiger partial charge on any atom is -0.493 e. The van der Waals surface area contributed by atoms with Gasteiger partial charge in [-0.3, -0.25) is 0 Å². The first-order chi connectivity index (χ1) is 8.93. The number of nitrogens with two attached hydrogens (primary N) is 1. The van der Waals surface area contributed by atoms with E-state index in [2.05, 4.69) is 0 Å². The van der Waals surface area contributed by atoms with E-state index in [4.69, 9.17) is 19.9 Å². The number of hydrogen-bond acceptors (Lipinski definition) is 5. The number of carbonyl (C=O) groups excluding carboxylic acids is 1. The summed E-state index contributed by atoms with van der Waals surface area (Å²) in [7, 11) is 1.54. The second kappa shape index (κ2) is 6.99. The molecule has 0 spiro atoms. The molecule has 0 saturated heterocycles. The van der Waals surface area contributed by atoms with Crippen LogP contribution in [0.2, 0.25) is 0 Å². The predicted octanol–water partition coefficient (Wildman–Crippen LogP) is 2.05. The molecule has 19 heavy (non-hydrogen) atoms. The fourth-order valence-electron chi connectivity index (χ4n) is 1.52. The molecule has 1 atom stereocenters. The van der Waals surface area contributed by atoms with Crippen molar-refractivity contribution in [2.45, 2.75) is 32.9 Å². The Bertz CT molecular complexity index is 429. The van der Waals surface area contributed by atoms with Crippen molar-refractivity contribution in [2.24, 2.45) is 5.73 Å². The van der Waals surface area contributed by atoms with E-state index in [1.165, 1.54) is 0 Å². The summed E-state index contributed by atoms with van der Waals surface area (Å²) in [6.45, 7) is 5.31. The molecule has 0 aliphatic rings. The molecular weight excluding hydrogens is 246 g/mol. The van der Waals surface area contributed by atoms with Crippen molar-refractivity contribution in [1.82, 2.24) is 0 Å². The van der Waals surface area contributed by atoms with Crippen molar-refractivity contribution in [2.75, 3.05) is 13.7 Å². The van der Waals surface area contributed by atoms with Gasteiger partial charge >= 0.3 is 5.97 Å². The SMILES string of the molecule is COc1cc([C@@H](C)N)ccc1OCC(=O)OC(C)C. The van der Waals surface area contributed by atoms with Crippen molar-refractivity contribution in [3.63, 3.8) is 0 Å². The normalized spacial score (nSPS) is 12.1. The van der Waals surface area contributed by atoms with Crippen LogP contribution in [-0.2, 0) is 9.53 Å². The van der Waals surface area contributed by atoms with Crippen LogP contribution in [0.5, 0.6) is 11.5 Å². The Morgan fingerprint density at radius 3 is 2.47 bits per heavy atom. The minimum absolute atomic E-state index is 0.0890. The molecule has 0 unspecified atom stereocenters. The first kappa shape index (κ1) is 15.3. The summed E-state index contributed by atoms with van der Waals surface area (Å²) < 4.78 is 15.6. The third-order valence-corrected chi connectivity index (χ3v) is 2.43. The Morgan fingerprint density at radius 1 is 1.26 bits per heavy atom. The summed E-state index contributed by atoms with van der Waals surface area (Å²) in [5, 5.41) is 0. The van der Waals surface area contributed by atoms with Crippen LogP contribution in [0.3, 0.4) is 0 Å². The maximum absolute atomic E-state index is 11.4. The fraction of sp³-hybridized carbons (Fsp3) is 0.500. The van der Waals surface area contributed by atoms with Crippen LogP contribution in [0.4, 0.5) is 0 Å². The van der Waals surface area contributed by atoms with Crippen LogP contribution >= 0.6 is 0 Å². The highest BCUT2D eigenvalue weighted by Crippen LogP contribution is 2.29. The van der Waals surface area contributed by atoms with E-state index in [9.17, 15) is 4.79 Å². The zero-order valence-corrected chi connectivity index (χ0v) is 11.8. The highest BCUT2D eigenvalue weighted by molar-refractivity contribution is 5.71. The van der Waals surface area contributed by atoms with Crippen LogP contribution in [0.15, 0.2) is 18.2 Å². The summed E-state index contributed by atoms with van der Waals surface area (Å²) in [6.07, 6.45) is -0.154. The van der Waals surface area contributed by atoms with Crippen LogP contribution in [-0.4, -0.2) is 25.8 Å². The van der Waals surface area contributed by atoms with Crippen molar-refractivity contribution >= 4 is 5.97 Å². The van der Waals surface area contributed by atoms with Gasteiger partial charge in [-0.1, -0.05) is 6.07 Å². The topological polar surface area (TPSA) is 70.8 Å². The van der Waals surface area contributed by atoms with E-state index >= 15 is 0 Å². The first-order valence-electron chi connectivity index (χ1n) is 6.19. The molecule has 1 aromatic rings. The lowest BCUT2D eigenvalue weighted by molar-refractivity contribution is -0.149. The summed E-state index contributed by atoms with van der Waals surface area (Å²) in [4.78, 5) is 11.4. The molecule has 0 fully saturated rings. The van der Waals surface area contributed by atoms with Gasteiger partial charge in [-0.15, -0.1) is 0 Å². The highest BCUT2D eigenvalue weighted by Gasteiger charge is 2.11. The summed E-state index contributed by atoms with van der Waals surface area (Å²) in [6, 6.07) is 5.29. The van der Waals surface area contributed by atoms with E-state index < -0.39 is 5.97 Å². The quantitative estimate of drug-likeness (QED) is 0.799. The third kappa shape index (κ3) is 4.79. The number of benzene rings is 1. The van der Waals surface area contributed by atoms with Crippen LogP contribution in [0.1, 0.15) is 32.4 Å². The Morgan fingerprint density at radius 2 is 1.95 bits per heavy atom. The van der Waals surface area contributed by atoms with Gasteiger partial charge in [0.2, 0.25) is 0 Å². The van der Waals surface area contributed by atoms with Gasteiger partial charge in [-0.05, 0) is 38.5 Å². The van der Waals surface area contributed by atoms with Gasteiger partial charge in [0.1, 0.15) is 0 Å². The van der Waals surface area contributed by atoms with Crippen LogP contribution < -0.4 is 15.2 Å². The third-order valence-electron chi connectivity index (χ3n) is 2.43. The Balaban J connectivity index is 2.70. The number of rotatable bonds is 6. The highest BCUT2D eigenvalue weighted by atomic mass is 16.6. The van der Waals surface area contributed by atoms with Gasteiger partial charge in [0.15, 0.2) is 18.1 Å². The zero-order chi connectivity index (χ0) is 14.4. The lowest BCUT2D eigenvalue weighted by Crippen LogP contribution is -2.19. The monoisotopic (exact) mass is 267 g/mol. The Kier molecular flexibility index (Phi) is 5.63. The van der Waals surface area contributed by atoms with Crippen LogP contribution in [0, 0.1) is 0 Å². The van der Waals surface area contributed by atoms with E-state index in [-0.39, 0.29) is 18.8 Å². The molecule has 0 heterocycles. The Hall–Kier alpha value is -1.75. The number of esters is 1. The van der Waals surface area contributed by atoms with Gasteiger partial charge in [0.05, 0.1) is 13.2 Å². The van der Waals surface area contributed by atoms with Crippen molar-refractivity contribution in [3.05, 3.63) is 23.8 Å². The van der Waals surface area contributed by atoms with E-state index in [0.717, 1.165) is 5.56 Å². The number of hydrogen-bond donors (Lipinski definition) is 1. The van der Waals surface area contributed by atoms with E-state index in [1.807, 2.05) is 13.0 Å². The lowest BCUT2D eigenvalue weighted by Gasteiger charge is -2.14. The molecule has 0 saturated carbocycles. The van der Waals surface area contributed by atoms with Gasteiger partial charge in [0.25, 0.3) is 0 Å². The number of carbonyl (C=O) groups is 1. The Labute approximate surface area is 113 Å². The second-order valence-electron chi connectivity index (χ2n) is 4.53. The fourth-order valence-corrected chi connectivity index (χ4v) is 1.52. The molecule has 5 heteroatoms. The molecule has 0 radical (unpaired) electrons. The van der Waals surface area contributed by atoms with Gasteiger partial charge in [-0.25, -0.2) is 4.79 Å². The van der Waals surface area contributed by atoms with Crippen molar-refractivity contribution in [3.8, 4) is 11.5 Å². The van der Waals surface area contributed by atoms with E-state index in [1.54, 1.807) is 33.1 Å². The molecule has 1 rings (SSSR count). The number of ether oxygens (including phenoxy) is 3. The second-order valence-corrected chi connectivity index (χ2v) is 4.53. The van der Waals surface area contributed by atoms with Crippen LogP contribution in [0.25, 0.3) is 0 Å². The number of methoxy groups -OCH3 is 1. The molecule has 0 aromatic heterocycles. The van der Waals surface area contributed by atoms with Crippen molar-refractivity contribution < 1.29 is 19.0 Å². The molecule has 0 bridgehead atoms. The molecule has 5 nitrogen and oxygen atoms in total. The molecule has 1 aromatic carbocycles. The van der Waals surface area contributed by atoms with Gasteiger partial charge in [-0.2, -0.15) is 0 Å². The molecule has 2 N–H and O–H groups in total. The predicted molar refractivity (Wildman–Crippen MR) is 72.3 cm³/mol. The summed E-state index contributed by atoms with van der Waals surface area (Å²) in [5.41, 5.74) is 6.73. The summed E-state index contributed by atoms with van der Waals surface area (Å²) >= 11 is 0. The summed E-state index contributed by atoms with van der Waals surface area (Å²) in [5.74, 6) is 0.632. The molecule has 106 valence electrons. The maximum Gasteiger partial charge on any atom is 0.344 e. The van der Waals surface area contributed by atoms with Crippen molar-refractivity contribution in [1.29, 1.82) is 0 Å². The van der Waals surface area contributed by atoms with Gasteiger partial charge in [0, 0.05) is 6.04 Å². The lowest BCUT2D eigenvalue weighted by atomic mass is 10.1. The molecule has 0 amide bonds. The molecular formula is C14H21NO4. The average molecular weight is 267 g/mol. The smallest absolute Gasteiger partial charge is 0.344 e. The first-order valence-corrected chi connectivity index (χ1v) is 6.19. The largest absolute Gasteiger partial charge is 0.493 e. The molecule has 0 aliphatic heterocycles. The molecule has 0 aliphatic carbocycles. The maximum atomic E-state index is 11.4. The van der Waals surface area contributed by atoms with E-state index in [0.29, 0.717) is 11.5 Å².